The maximum atomic E-state index is 14.8. The molecule has 164 valence electrons. The Bertz CT molecular complexity index is 1150. The molecule has 1 aromatic heterocycles. The number of fused-ring (bicyclic) bond motifs is 2. The smallest absolute Gasteiger partial charge is 0.306 e. The van der Waals surface area contributed by atoms with Crippen LogP contribution in [0.5, 0.6) is 23.1 Å². The molecule has 8 heteroatoms. The summed E-state index contributed by atoms with van der Waals surface area (Å²) in [5, 5.41) is 0. The molecule has 3 aromatic rings. The van der Waals surface area contributed by atoms with Gasteiger partial charge in [-0.25, -0.2) is 9.37 Å². The maximum absolute atomic E-state index is 14.8. The quantitative estimate of drug-likeness (QED) is 0.526. The van der Waals surface area contributed by atoms with Gasteiger partial charge >= 0.3 is 5.97 Å². The van der Waals surface area contributed by atoms with Gasteiger partial charge in [0.05, 0.1) is 26.3 Å². The van der Waals surface area contributed by atoms with Crippen molar-refractivity contribution in [3.8, 4) is 23.1 Å². The van der Waals surface area contributed by atoms with Gasteiger partial charge in [-0.3, -0.25) is 9.78 Å². The van der Waals surface area contributed by atoms with Crippen LogP contribution in [0, 0.1) is 5.82 Å². The van der Waals surface area contributed by atoms with Crippen molar-refractivity contribution < 1.29 is 28.1 Å². The predicted octanol–water partition coefficient (Wildman–Crippen LogP) is 4.51. The molecule has 32 heavy (non-hydrogen) atoms. The van der Waals surface area contributed by atoms with Crippen LogP contribution in [0.2, 0.25) is 0 Å². The Morgan fingerprint density at radius 1 is 1.25 bits per heavy atom. The number of benzene rings is 2. The summed E-state index contributed by atoms with van der Waals surface area (Å²) in [6.07, 6.45) is 5.67. The second-order valence-corrected chi connectivity index (χ2v) is 7.72. The molecule has 7 nitrogen and oxygen atoms in total. The third kappa shape index (κ3) is 3.84. The van der Waals surface area contributed by atoms with Crippen LogP contribution in [0.15, 0.2) is 48.9 Å². The van der Waals surface area contributed by atoms with Gasteiger partial charge in [0.15, 0.2) is 0 Å². The number of nitrogens with zero attached hydrogens (tertiary/aromatic N) is 2. The van der Waals surface area contributed by atoms with E-state index in [0.29, 0.717) is 48.1 Å². The van der Waals surface area contributed by atoms with E-state index >= 15 is 0 Å². The van der Waals surface area contributed by atoms with Crippen LogP contribution in [0.3, 0.4) is 0 Å². The minimum Gasteiger partial charge on any atom is -0.492 e. The highest BCUT2D eigenvalue weighted by atomic mass is 19.1. The zero-order valence-electron chi connectivity index (χ0n) is 17.4. The van der Waals surface area contributed by atoms with Crippen molar-refractivity contribution in [1.29, 1.82) is 0 Å². The van der Waals surface area contributed by atoms with Gasteiger partial charge in [0, 0.05) is 41.1 Å². The van der Waals surface area contributed by atoms with E-state index in [4.69, 9.17) is 18.9 Å². The van der Waals surface area contributed by atoms with Gasteiger partial charge in [0.1, 0.15) is 29.2 Å². The summed E-state index contributed by atoms with van der Waals surface area (Å²) < 4.78 is 37.3. The number of methoxy groups -OCH3 is 1. The summed E-state index contributed by atoms with van der Waals surface area (Å²) in [6.45, 7) is 0.415. The van der Waals surface area contributed by atoms with Crippen molar-refractivity contribution >= 4 is 5.97 Å². The third-order valence-electron chi connectivity index (χ3n) is 5.78. The highest BCUT2D eigenvalue weighted by Gasteiger charge is 2.32. The molecule has 2 atom stereocenters. The molecule has 0 fully saturated rings. The maximum Gasteiger partial charge on any atom is 0.306 e. The van der Waals surface area contributed by atoms with Crippen molar-refractivity contribution in [2.45, 2.75) is 31.3 Å². The first-order valence-corrected chi connectivity index (χ1v) is 10.4. The monoisotopic (exact) mass is 436 g/mol. The molecule has 1 aliphatic heterocycles. The lowest BCUT2D eigenvalue weighted by Gasteiger charge is -2.17. The summed E-state index contributed by atoms with van der Waals surface area (Å²) in [6, 6.07) is 8.51. The zero-order chi connectivity index (χ0) is 22.1. The molecule has 1 aliphatic carbocycles. The van der Waals surface area contributed by atoms with Gasteiger partial charge in [-0.1, -0.05) is 6.07 Å². The van der Waals surface area contributed by atoms with Crippen LogP contribution in [-0.4, -0.2) is 29.7 Å². The van der Waals surface area contributed by atoms with Crippen molar-refractivity contribution in [1.82, 2.24) is 9.97 Å². The van der Waals surface area contributed by atoms with Gasteiger partial charge < -0.3 is 18.9 Å². The number of hydrogen-bond donors (Lipinski definition) is 0. The molecule has 2 heterocycles. The number of rotatable bonds is 6. The van der Waals surface area contributed by atoms with E-state index in [1.54, 1.807) is 18.3 Å². The fourth-order valence-electron chi connectivity index (χ4n) is 4.25. The number of halogens is 1. The molecule has 0 saturated heterocycles. The van der Waals surface area contributed by atoms with Crippen LogP contribution in [-0.2, 0) is 16.0 Å². The van der Waals surface area contributed by atoms with Crippen LogP contribution >= 0.6 is 0 Å². The minimum atomic E-state index is -0.444. The summed E-state index contributed by atoms with van der Waals surface area (Å²) in [5.41, 5.74) is 2.22. The van der Waals surface area contributed by atoms with E-state index in [0.717, 1.165) is 11.1 Å². The average molecular weight is 436 g/mol. The van der Waals surface area contributed by atoms with E-state index in [-0.39, 0.29) is 24.1 Å². The Morgan fingerprint density at radius 2 is 2.16 bits per heavy atom. The average Bonchev–Trinajstić information content (AvgIpc) is 3.41. The van der Waals surface area contributed by atoms with Gasteiger partial charge in [-0.2, -0.15) is 0 Å². The van der Waals surface area contributed by atoms with Crippen molar-refractivity contribution in [3.05, 3.63) is 71.4 Å². The summed E-state index contributed by atoms with van der Waals surface area (Å²) >= 11 is 0. The van der Waals surface area contributed by atoms with E-state index in [2.05, 4.69) is 9.97 Å². The van der Waals surface area contributed by atoms with Gasteiger partial charge in [0.25, 0.3) is 0 Å². The second-order valence-electron chi connectivity index (χ2n) is 7.72. The number of aromatic nitrogens is 2. The van der Waals surface area contributed by atoms with E-state index < -0.39 is 6.10 Å². The molecular formula is C24H21FN2O5. The van der Waals surface area contributed by atoms with E-state index in [1.165, 1.54) is 25.6 Å². The van der Waals surface area contributed by atoms with Crippen LogP contribution in [0.25, 0.3) is 0 Å². The number of carbonyl (C=O) groups is 1. The summed E-state index contributed by atoms with van der Waals surface area (Å²) in [5.74, 6) is 1.51. The lowest BCUT2D eigenvalue weighted by atomic mass is 9.98. The lowest BCUT2D eigenvalue weighted by Crippen LogP contribution is -2.09. The van der Waals surface area contributed by atoms with Crippen LogP contribution in [0.1, 0.15) is 41.6 Å². The molecule has 2 aromatic carbocycles. The SMILES string of the molecule is COC(=O)CC1COc2cc(O[C@@H]3CCc4c(Oc5cnccn5)ccc(F)c43)ccc21. The highest BCUT2D eigenvalue weighted by molar-refractivity contribution is 5.71. The Labute approximate surface area is 184 Å². The van der Waals surface area contributed by atoms with E-state index in [9.17, 15) is 9.18 Å². The predicted molar refractivity (Wildman–Crippen MR) is 112 cm³/mol. The second kappa shape index (κ2) is 8.45. The standard InChI is InChI=1S/C24H21FN2O5/c1-29-23(28)10-14-13-30-21-11-15(2-3-16(14)21)31-20-6-4-17-19(7-5-18(25)24(17)20)32-22-12-26-8-9-27-22/h2-3,5,7-9,11-12,14,20H,4,6,10,13H2,1H3/t14?,20-/m1/s1. The Balaban J connectivity index is 1.35. The van der Waals surface area contributed by atoms with Crippen molar-refractivity contribution in [2.75, 3.05) is 13.7 Å². The number of carbonyl (C=O) groups excluding carboxylic acids is 1. The lowest BCUT2D eigenvalue weighted by molar-refractivity contribution is -0.141. The molecule has 0 spiro atoms. The zero-order valence-corrected chi connectivity index (χ0v) is 17.4. The molecule has 5 rings (SSSR count). The minimum absolute atomic E-state index is 0.0445. The molecular weight excluding hydrogens is 415 g/mol. The van der Waals surface area contributed by atoms with Crippen LogP contribution in [0.4, 0.5) is 4.39 Å². The highest BCUT2D eigenvalue weighted by Crippen LogP contribution is 2.44. The summed E-state index contributed by atoms with van der Waals surface area (Å²) in [4.78, 5) is 19.7. The van der Waals surface area contributed by atoms with E-state index in [1.807, 2.05) is 12.1 Å². The molecule has 0 radical (unpaired) electrons. The Kier molecular flexibility index (Phi) is 5.34. The first kappa shape index (κ1) is 20.2. The van der Waals surface area contributed by atoms with Crippen molar-refractivity contribution in [2.24, 2.45) is 0 Å². The van der Waals surface area contributed by atoms with Crippen LogP contribution < -0.4 is 14.2 Å². The fraction of sp³-hybridized carbons (Fsp3) is 0.292. The van der Waals surface area contributed by atoms with Gasteiger partial charge in [0.2, 0.25) is 5.88 Å². The van der Waals surface area contributed by atoms with Gasteiger partial charge in [-0.15, -0.1) is 0 Å². The number of esters is 1. The number of hydrogen-bond acceptors (Lipinski definition) is 7. The molecule has 0 saturated carbocycles. The largest absolute Gasteiger partial charge is 0.492 e. The molecule has 2 aliphatic rings. The van der Waals surface area contributed by atoms with Crippen molar-refractivity contribution in [3.63, 3.8) is 0 Å². The summed E-state index contributed by atoms with van der Waals surface area (Å²) in [7, 11) is 1.37. The molecule has 0 N–H and O–H groups in total. The topological polar surface area (TPSA) is 79.8 Å². The number of ether oxygens (including phenoxy) is 4. The molecule has 0 amide bonds. The first-order valence-electron chi connectivity index (χ1n) is 10.4. The van der Waals surface area contributed by atoms with Gasteiger partial charge in [-0.05, 0) is 31.0 Å². The fourth-order valence-corrected chi connectivity index (χ4v) is 4.25. The Morgan fingerprint density at radius 3 is 2.97 bits per heavy atom. The molecule has 0 bridgehead atoms. The normalized spacial score (nSPS) is 18.4. The third-order valence-corrected chi connectivity index (χ3v) is 5.78. The first-order chi connectivity index (χ1) is 15.6. The Hall–Kier alpha value is -3.68. The molecule has 1 unspecified atom stereocenters.